The molecule has 0 aliphatic carbocycles. The van der Waals surface area contributed by atoms with Gasteiger partial charge < -0.3 is 5.73 Å². The molecule has 82 valence electrons. The summed E-state index contributed by atoms with van der Waals surface area (Å²) in [6.45, 7) is 1.99. The number of nitrogens with two attached hydrogens (primary N) is 1. The number of hydrogen-bond donors (Lipinski definition) is 1. The van der Waals surface area contributed by atoms with E-state index in [0.29, 0.717) is 17.3 Å². The summed E-state index contributed by atoms with van der Waals surface area (Å²) in [5.74, 6) is 0.989. The number of nitrogens with zero attached hydrogens (tertiary/aromatic N) is 5. The average Bonchev–Trinajstić information content (AvgIpc) is 2.83. The standard InChI is InChI=1S/C10H12N6/c1-3-7-9(12)10(15(2)14-7)16-5-4-13-8(16)6-11/h4-5H,3,12H2,1-2H3. The van der Waals surface area contributed by atoms with E-state index in [1.807, 2.05) is 13.0 Å². The van der Waals surface area contributed by atoms with Crippen LogP contribution in [0.5, 0.6) is 0 Å². The summed E-state index contributed by atoms with van der Waals surface area (Å²) in [7, 11) is 1.80. The van der Waals surface area contributed by atoms with Gasteiger partial charge in [0.15, 0.2) is 5.82 Å². The van der Waals surface area contributed by atoms with Gasteiger partial charge in [-0.2, -0.15) is 10.4 Å². The molecule has 0 aliphatic rings. The Bertz CT molecular complexity index is 556. The van der Waals surface area contributed by atoms with Crippen LogP contribution in [0.3, 0.4) is 0 Å². The van der Waals surface area contributed by atoms with Gasteiger partial charge in [-0.05, 0) is 6.42 Å². The first kappa shape index (κ1) is 10.2. The lowest BCUT2D eigenvalue weighted by atomic mass is 10.3. The number of hydrogen-bond acceptors (Lipinski definition) is 4. The number of nitrogen functional groups attached to an aromatic ring is 1. The Balaban J connectivity index is 2.65. The molecular formula is C10H12N6. The highest BCUT2D eigenvalue weighted by Gasteiger charge is 2.15. The van der Waals surface area contributed by atoms with Crippen LogP contribution in [0.2, 0.25) is 0 Å². The summed E-state index contributed by atoms with van der Waals surface area (Å²) < 4.78 is 3.30. The highest BCUT2D eigenvalue weighted by atomic mass is 15.3. The van der Waals surface area contributed by atoms with E-state index in [4.69, 9.17) is 11.0 Å². The van der Waals surface area contributed by atoms with E-state index in [1.54, 1.807) is 28.7 Å². The summed E-state index contributed by atoms with van der Waals surface area (Å²) in [5.41, 5.74) is 7.41. The third kappa shape index (κ3) is 1.34. The molecule has 16 heavy (non-hydrogen) atoms. The Kier molecular flexibility index (Phi) is 2.37. The first-order valence-electron chi connectivity index (χ1n) is 4.94. The minimum atomic E-state index is 0.303. The molecule has 0 aromatic carbocycles. The maximum atomic E-state index is 8.91. The van der Waals surface area contributed by atoms with Gasteiger partial charge in [-0.25, -0.2) is 9.67 Å². The molecule has 2 N–H and O–H groups in total. The lowest BCUT2D eigenvalue weighted by Crippen LogP contribution is -2.06. The zero-order chi connectivity index (χ0) is 11.7. The van der Waals surface area contributed by atoms with E-state index in [0.717, 1.165) is 12.1 Å². The van der Waals surface area contributed by atoms with E-state index in [9.17, 15) is 0 Å². The summed E-state index contributed by atoms with van der Waals surface area (Å²) in [6.07, 6.45) is 4.03. The SMILES string of the molecule is CCc1nn(C)c(-n2ccnc2C#N)c1N. The highest BCUT2D eigenvalue weighted by Crippen LogP contribution is 2.21. The van der Waals surface area contributed by atoms with Crippen LogP contribution in [-0.4, -0.2) is 19.3 Å². The second-order valence-electron chi connectivity index (χ2n) is 3.39. The highest BCUT2D eigenvalue weighted by molar-refractivity contribution is 5.58. The van der Waals surface area contributed by atoms with Crippen molar-refractivity contribution in [2.45, 2.75) is 13.3 Å². The number of rotatable bonds is 2. The quantitative estimate of drug-likeness (QED) is 0.797. The van der Waals surface area contributed by atoms with Crippen molar-refractivity contribution >= 4 is 5.69 Å². The van der Waals surface area contributed by atoms with Crippen LogP contribution in [0.4, 0.5) is 5.69 Å². The van der Waals surface area contributed by atoms with Gasteiger partial charge in [-0.3, -0.25) is 4.57 Å². The number of imidazole rings is 1. The Morgan fingerprint density at radius 1 is 1.56 bits per heavy atom. The topological polar surface area (TPSA) is 85.5 Å². The predicted octanol–water partition coefficient (Wildman–Crippen LogP) is 0.622. The molecular weight excluding hydrogens is 204 g/mol. The molecule has 0 amide bonds. The summed E-state index contributed by atoms with van der Waals surface area (Å²) >= 11 is 0. The van der Waals surface area contributed by atoms with Crippen molar-refractivity contribution in [1.82, 2.24) is 19.3 Å². The number of anilines is 1. The van der Waals surface area contributed by atoms with Gasteiger partial charge >= 0.3 is 0 Å². The van der Waals surface area contributed by atoms with Gasteiger partial charge in [-0.15, -0.1) is 0 Å². The number of nitriles is 1. The molecule has 0 fully saturated rings. The lowest BCUT2D eigenvalue weighted by molar-refractivity contribution is 0.713. The third-order valence-electron chi connectivity index (χ3n) is 2.43. The fourth-order valence-electron chi connectivity index (χ4n) is 1.69. The van der Waals surface area contributed by atoms with E-state index in [1.165, 1.54) is 0 Å². The van der Waals surface area contributed by atoms with Gasteiger partial charge in [-0.1, -0.05) is 6.92 Å². The second-order valence-corrected chi connectivity index (χ2v) is 3.39. The Hall–Kier alpha value is -2.29. The first-order valence-corrected chi connectivity index (χ1v) is 4.94. The third-order valence-corrected chi connectivity index (χ3v) is 2.43. The van der Waals surface area contributed by atoms with E-state index in [-0.39, 0.29) is 0 Å². The molecule has 2 aromatic rings. The average molecular weight is 216 g/mol. The van der Waals surface area contributed by atoms with Gasteiger partial charge in [0.25, 0.3) is 0 Å². The molecule has 6 heteroatoms. The predicted molar refractivity (Wildman–Crippen MR) is 58.8 cm³/mol. The molecule has 0 aliphatic heterocycles. The molecule has 0 bridgehead atoms. The Labute approximate surface area is 92.9 Å². The molecule has 0 saturated carbocycles. The monoisotopic (exact) mass is 216 g/mol. The van der Waals surface area contributed by atoms with Crippen LogP contribution < -0.4 is 5.73 Å². The zero-order valence-electron chi connectivity index (χ0n) is 9.18. The Morgan fingerprint density at radius 3 is 2.88 bits per heavy atom. The minimum absolute atomic E-state index is 0.303. The summed E-state index contributed by atoms with van der Waals surface area (Å²) in [6, 6.07) is 2.01. The molecule has 0 radical (unpaired) electrons. The maximum Gasteiger partial charge on any atom is 0.218 e. The Morgan fingerprint density at radius 2 is 2.31 bits per heavy atom. The van der Waals surface area contributed by atoms with Crippen LogP contribution >= 0.6 is 0 Å². The largest absolute Gasteiger partial charge is 0.394 e. The van der Waals surface area contributed by atoms with E-state index >= 15 is 0 Å². The molecule has 0 saturated heterocycles. The number of aryl methyl sites for hydroxylation is 2. The van der Waals surface area contributed by atoms with Crippen molar-refractivity contribution in [3.63, 3.8) is 0 Å². The first-order chi connectivity index (χ1) is 7.69. The van der Waals surface area contributed by atoms with Crippen molar-refractivity contribution in [3.8, 4) is 11.9 Å². The van der Waals surface area contributed by atoms with Crippen LogP contribution in [-0.2, 0) is 13.5 Å². The van der Waals surface area contributed by atoms with Crippen molar-refractivity contribution in [1.29, 1.82) is 5.26 Å². The van der Waals surface area contributed by atoms with Crippen molar-refractivity contribution in [2.24, 2.45) is 7.05 Å². The minimum Gasteiger partial charge on any atom is -0.394 e. The fourth-order valence-corrected chi connectivity index (χ4v) is 1.69. The molecule has 2 heterocycles. The maximum absolute atomic E-state index is 8.91. The normalized spacial score (nSPS) is 10.3. The second kappa shape index (κ2) is 3.70. The molecule has 6 nitrogen and oxygen atoms in total. The van der Waals surface area contributed by atoms with Crippen LogP contribution in [0, 0.1) is 11.3 Å². The van der Waals surface area contributed by atoms with Gasteiger partial charge in [0, 0.05) is 19.4 Å². The lowest BCUT2D eigenvalue weighted by Gasteiger charge is -2.04. The summed E-state index contributed by atoms with van der Waals surface area (Å²) in [4.78, 5) is 3.93. The van der Waals surface area contributed by atoms with Crippen LogP contribution in [0.15, 0.2) is 12.4 Å². The van der Waals surface area contributed by atoms with E-state index in [2.05, 4.69) is 10.1 Å². The molecule has 0 atom stereocenters. The molecule has 0 unspecified atom stereocenters. The van der Waals surface area contributed by atoms with Crippen molar-refractivity contribution in [2.75, 3.05) is 5.73 Å². The number of aromatic nitrogens is 4. The van der Waals surface area contributed by atoms with Crippen LogP contribution in [0.1, 0.15) is 18.4 Å². The zero-order valence-corrected chi connectivity index (χ0v) is 9.18. The summed E-state index contributed by atoms with van der Waals surface area (Å²) in [5, 5.41) is 13.2. The molecule has 2 rings (SSSR count). The smallest absolute Gasteiger partial charge is 0.218 e. The van der Waals surface area contributed by atoms with Gasteiger partial charge in [0.1, 0.15) is 6.07 Å². The van der Waals surface area contributed by atoms with E-state index < -0.39 is 0 Å². The molecule has 2 aromatic heterocycles. The van der Waals surface area contributed by atoms with Crippen molar-refractivity contribution < 1.29 is 0 Å². The molecule has 0 spiro atoms. The fraction of sp³-hybridized carbons (Fsp3) is 0.300. The van der Waals surface area contributed by atoms with Crippen molar-refractivity contribution in [3.05, 3.63) is 23.9 Å². The van der Waals surface area contributed by atoms with Gasteiger partial charge in [0.05, 0.1) is 11.4 Å². The van der Waals surface area contributed by atoms with Gasteiger partial charge in [0.2, 0.25) is 5.82 Å². The van der Waals surface area contributed by atoms with Crippen LogP contribution in [0.25, 0.3) is 5.82 Å².